The molecule has 0 aromatic rings. The summed E-state index contributed by atoms with van der Waals surface area (Å²) in [5.41, 5.74) is 0. The highest BCUT2D eigenvalue weighted by atomic mass is 14.3. The fourth-order valence-corrected chi connectivity index (χ4v) is 6.71. The SMILES string of the molecule is C1CC2CCCC(C1)B2B1C2CCCC1CCC2. The van der Waals surface area contributed by atoms with Gasteiger partial charge in [-0.3, -0.25) is 0 Å². The van der Waals surface area contributed by atoms with Crippen LogP contribution in [-0.2, 0) is 0 Å². The van der Waals surface area contributed by atoms with E-state index in [2.05, 4.69) is 0 Å². The van der Waals surface area contributed by atoms with E-state index in [1.165, 1.54) is 13.2 Å². The second-order valence-electron chi connectivity index (χ2n) is 7.92. The molecule has 0 atom stereocenters. The Balaban J connectivity index is 1.60. The lowest BCUT2D eigenvalue weighted by molar-refractivity contribution is 0.430. The smallest absolute Gasteiger partial charge is 0.0686 e. The molecule has 0 aromatic carbocycles. The summed E-state index contributed by atoms with van der Waals surface area (Å²) in [6.45, 7) is 2.37. The average molecular weight is 242 g/mol. The quantitative estimate of drug-likeness (QED) is 0.549. The van der Waals surface area contributed by atoms with Gasteiger partial charge in [-0.15, -0.1) is 0 Å². The van der Waals surface area contributed by atoms with Crippen molar-refractivity contribution in [2.24, 2.45) is 0 Å². The van der Waals surface area contributed by atoms with E-state index in [4.69, 9.17) is 0 Å². The van der Waals surface area contributed by atoms with Gasteiger partial charge in [0.1, 0.15) is 13.2 Å². The van der Waals surface area contributed by atoms with Gasteiger partial charge in [-0.1, -0.05) is 100 Å². The Morgan fingerprint density at radius 1 is 0.389 bits per heavy atom. The summed E-state index contributed by atoms with van der Waals surface area (Å²) in [7, 11) is 0. The molecule has 98 valence electrons. The van der Waals surface area contributed by atoms with Crippen LogP contribution < -0.4 is 0 Å². The Morgan fingerprint density at radius 3 is 0.833 bits per heavy atom. The minimum absolute atomic E-state index is 1.16. The summed E-state index contributed by atoms with van der Waals surface area (Å²) < 4.78 is 0. The number of rotatable bonds is 1. The van der Waals surface area contributed by atoms with Crippen molar-refractivity contribution in [2.75, 3.05) is 0 Å². The molecule has 0 nitrogen and oxygen atoms in total. The monoisotopic (exact) mass is 242 g/mol. The predicted molar refractivity (Wildman–Crippen MR) is 81.9 cm³/mol. The summed E-state index contributed by atoms with van der Waals surface area (Å²) in [4.78, 5) is 0. The van der Waals surface area contributed by atoms with E-state index in [9.17, 15) is 0 Å². The van der Waals surface area contributed by atoms with Gasteiger partial charge in [0, 0.05) is 0 Å². The molecule has 0 spiro atoms. The van der Waals surface area contributed by atoms with Crippen LogP contribution in [0, 0.1) is 0 Å². The van der Waals surface area contributed by atoms with E-state index in [1.807, 2.05) is 0 Å². The van der Waals surface area contributed by atoms with Gasteiger partial charge in [0.25, 0.3) is 0 Å². The zero-order valence-corrected chi connectivity index (χ0v) is 11.9. The molecule has 4 rings (SSSR count). The fraction of sp³-hybridized carbons (Fsp3) is 1.00. The van der Waals surface area contributed by atoms with E-state index < -0.39 is 0 Å². The normalized spacial score (nSPS) is 44.0. The van der Waals surface area contributed by atoms with Crippen molar-refractivity contribution in [1.82, 2.24) is 0 Å². The summed E-state index contributed by atoms with van der Waals surface area (Å²) in [5, 5.41) is 0. The van der Waals surface area contributed by atoms with Crippen LogP contribution in [0.5, 0.6) is 0 Å². The highest BCUT2D eigenvalue weighted by Crippen LogP contribution is 2.55. The van der Waals surface area contributed by atoms with Gasteiger partial charge in [0.2, 0.25) is 0 Å². The lowest BCUT2D eigenvalue weighted by Gasteiger charge is -2.51. The zero-order chi connectivity index (χ0) is 11.9. The average Bonchev–Trinajstić information content (AvgIpc) is 2.36. The van der Waals surface area contributed by atoms with Crippen LogP contribution in [0.1, 0.15) is 77.0 Å². The third-order valence-corrected chi connectivity index (χ3v) is 7.22. The molecule has 4 bridgehead atoms. The van der Waals surface area contributed by atoms with E-state index >= 15 is 0 Å². The number of hydrogen-bond acceptors (Lipinski definition) is 0. The van der Waals surface area contributed by atoms with Crippen LogP contribution in [0.3, 0.4) is 0 Å². The molecule has 4 heterocycles. The first-order chi connectivity index (χ1) is 8.93. The Morgan fingerprint density at radius 2 is 0.611 bits per heavy atom. The number of fused-ring (bicyclic) bond motifs is 5. The minimum Gasteiger partial charge on any atom is -0.0686 e. The molecule has 0 radical (unpaired) electrons. The predicted octanol–water partition coefficient (Wildman–Crippen LogP) is 5.27. The van der Waals surface area contributed by atoms with Crippen molar-refractivity contribution in [3.05, 3.63) is 0 Å². The van der Waals surface area contributed by atoms with Crippen molar-refractivity contribution in [3.63, 3.8) is 0 Å². The van der Waals surface area contributed by atoms with Crippen molar-refractivity contribution < 1.29 is 0 Å². The van der Waals surface area contributed by atoms with Gasteiger partial charge < -0.3 is 0 Å². The lowest BCUT2D eigenvalue weighted by Crippen LogP contribution is -2.54. The standard InChI is InChI=1S/C16H28B2/c1-5-13-7-2-8-14(6-1)17(13)18-15-9-3-10-16(18)12-4-11-15/h13-16H,1-12H2. The zero-order valence-electron chi connectivity index (χ0n) is 11.9. The van der Waals surface area contributed by atoms with Crippen LogP contribution in [0.15, 0.2) is 0 Å². The third-order valence-electron chi connectivity index (χ3n) is 7.22. The van der Waals surface area contributed by atoms with Gasteiger partial charge >= 0.3 is 0 Å². The molecule has 0 amide bonds. The van der Waals surface area contributed by atoms with E-state index in [0.717, 1.165) is 23.3 Å². The maximum absolute atomic E-state index is 1.59. The summed E-state index contributed by atoms with van der Waals surface area (Å²) in [6, 6.07) is 0. The van der Waals surface area contributed by atoms with Crippen molar-refractivity contribution in [2.45, 2.75) is 100 Å². The Hall–Kier alpha value is 0.130. The number of hydrogen-bond donors (Lipinski definition) is 0. The molecule has 4 aliphatic heterocycles. The van der Waals surface area contributed by atoms with Crippen molar-refractivity contribution in [3.8, 4) is 0 Å². The molecule has 4 aliphatic rings. The maximum Gasteiger partial charge on any atom is 0.117 e. The maximum atomic E-state index is 1.59. The molecular weight excluding hydrogens is 214 g/mol. The summed E-state index contributed by atoms with van der Waals surface area (Å²) in [5.74, 6) is 4.62. The van der Waals surface area contributed by atoms with Crippen LogP contribution in [0.25, 0.3) is 0 Å². The summed E-state index contributed by atoms with van der Waals surface area (Å²) in [6.07, 6.45) is 19.0. The fourth-order valence-electron chi connectivity index (χ4n) is 6.71. The van der Waals surface area contributed by atoms with Gasteiger partial charge in [0.05, 0.1) is 0 Å². The Bertz CT molecular complexity index is 229. The second kappa shape index (κ2) is 4.91. The minimum atomic E-state index is 1.16. The second-order valence-corrected chi connectivity index (χ2v) is 7.92. The molecule has 4 saturated heterocycles. The van der Waals surface area contributed by atoms with Crippen molar-refractivity contribution in [1.29, 1.82) is 0 Å². The van der Waals surface area contributed by atoms with Crippen LogP contribution in [0.2, 0.25) is 23.3 Å². The first kappa shape index (κ1) is 11.9. The first-order valence-electron chi connectivity index (χ1n) is 8.93. The van der Waals surface area contributed by atoms with Crippen molar-refractivity contribution >= 4 is 13.2 Å². The van der Waals surface area contributed by atoms with Gasteiger partial charge in [-0.05, 0) is 0 Å². The van der Waals surface area contributed by atoms with E-state index in [1.54, 1.807) is 77.0 Å². The van der Waals surface area contributed by atoms with E-state index in [0.29, 0.717) is 0 Å². The molecule has 18 heavy (non-hydrogen) atoms. The molecule has 0 aromatic heterocycles. The molecule has 0 aliphatic carbocycles. The Kier molecular flexibility index (Phi) is 3.25. The molecule has 0 unspecified atom stereocenters. The summed E-state index contributed by atoms with van der Waals surface area (Å²) >= 11 is 0. The van der Waals surface area contributed by atoms with Crippen LogP contribution >= 0.6 is 0 Å². The highest BCUT2D eigenvalue weighted by molar-refractivity contribution is 7.25. The van der Waals surface area contributed by atoms with Gasteiger partial charge in [-0.2, -0.15) is 0 Å². The molecule has 4 fully saturated rings. The highest BCUT2D eigenvalue weighted by Gasteiger charge is 2.51. The Labute approximate surface area is 114 Å². The third kappa shape index (κ3) is 1.90. The molecular formula is C16H28B2. The topological polar surface area (TPSA) is 0 Å². The van der Waals surface area contributed by atoms with E-state index in [-0.39, 0.29) is 0 Å². The van der Waals surface area contributed by atoms with Gasteiger partial charge in [0.15, 0.2) is 0 Å². The van der Waals surface area contributed by atoms with Crippen LogP contribution in [0.4, 0.5) is 0 Å². The first-order valence-corrected chi connectivity index (χ1v) is 8.93. The van der Waals surface area contributed by atoms with Gasteiger partial charge in [-0.25, -0.2) is 0 Å². The molecule has 2 heteroatoms. The molecule has 0 N–H and O–H groups in total. The van der Waals surface area contributed by atoms with Crippen LogP contribution in [-0.4, -0.2) is 13.2 Å². The largest absolute Gasteiger partial charge is 0.117 e. The molecule has 0 saturated carbocycles. The lowest BCUT2D eigenvalue weighted by atomic mass is 8.93.